The third-order valence-electron chi connectivity index (χ3n) is 2.68. The van der Waals surface area contributed by atoms with Crippen LogP contribution in [-0.4, -0.2) is 30.8 Å². The first-order valence-electron chi connectivity index (χ1n) is 5.74. The summed E-state index contributed by atoms with van der Waals surface area (Å²) in [6.07, 6.45) is 0.885. The minimum absolute atomic E-state index is 0.564. The molecule has 4 heteroatoms. The molecule has 1 rings (SSSR count). The van der Waals surface area contributed by atoms with E-state index >= 15 is 0 Å². The zero-order valence-corrected chi connectivity index (χ0v) is 10.5. The molecule has 0 amide bonds. The number of hydrogen-bond acceptors (Lipinski definition) is 3. The van der Waals surface area contributed by atoms with E-state index in [1.54, 1.807) is 14.0 Å². The molecule has 0 aliphatic carbocycles. The van der Waals surface area contributed by atoms with E-state index in [1.165, 1.54) is 0 Å². The van der Waals surface area contributed by atoms with E-state index in [2.05, 4.69) is 0 Å². The standard InChI is InChI=1S/C13H19NO3/c1-4-9-14(10(2)13(15)16)11-7-5-6-8-12(11)17-3/h5-8,10H,4,9H2,1-3H3,(H,15,16). The molecule has 0 saturated heterocycles. The maximum atomic E-state index is 11.1. The summed E-state index contributed by atoms with van der Waals surface area (Å²) in [5.74, 6) is -0.126. The van der Waals surface area contributed by atoms with Crippen molar-refractivity contribution in [3.63, 3.8) is 0 Å². The minimum atomic E-state index is -0.829. The minimum Gasteiger partial charge on any atom is -0.495 e. The van der Waals surface area contributed by atoms with E-state index in [0.717, 1.165) is 12.1 Å². The van der Waals surface area contributed by atoms with Gasteiger partial charge in [-0.05, 0) is 25.5 Å². The Balaban J connectivity index is 3.08. The van der Waals surface area contributed by atoms with Crippen LogP contribution in [0.25, 0.3) is 0 Å². The Labute approximate surface area is 102 Å². The van der Waals surface area contributed by atoms with Gasteiger partial charge in [0, 0.05) is 6.54 Å². The summed E-state index contributed by atoms with van der Waals surface area (Å²) >= 11 is 0. The van der Waals surface area contributed by atoms with Crippen molar-refractivity contribution in [2.75, 3.05) is 18.6 Å². The van der Waals surface area contributed by atoms with Crippen molar-refractivity contribution in [1.29, 1.82) is 0 Å². The molecule has 0 fully saturated rings. The summed E-state index contributed by atoms with van der Waals surface area (Å²) in [7, 11) is 1.59. The molecule has 0 saturated carbocycles. The van der Waals surface area contributed by atoms with Crippen LogP contribution < -0.4 is 9.64 Å². The maximum absolute atomic E-state index is 11.1. The van der Waals surface area contributed by atoms with E-state index in [0.29, 0.717) is 12.3 Å². The number of carboxylic acids is 1. The van der Waals surface area contributed by atoms with Gasteiger partial charge in [-0.3, -0.25) is 0 Å². The Morgan fingerprint density at radius 1 is 1.47 bits per heavy atom. The van der Waals surface area contributed by atoms with Crippen molar-refractivity contribution in [3.8, 4) is 5.75 Å². The van der Waals surface area contributed by atoms with Gasteiger partial charge in [0.15, 0.2) is 0 Å². The summed E-state index contributed by atoms with van der Waals surface area (Å²) in [5, 5.41) is 9.12. The molecular weight excluding hydrogens is 218 g/mol. The SMILES string of the molecule is CCCN(c1ccccc1OC)C(C)C(=O)O. The van der Waals surface area contributed by atoms with Crippen molar-refractivity contribution in [2.24, 2.45) is 0 Å². The van der Waals surface area contributed by atoms with Gasteiger partial charge in [0.05, 0.1) is 12.8 Å². The molecule has 94 valence electrons. The van der Waals surface area contributed by atoms with Gasteiger partial charge in [0.25, 0.3) is 0 Å². The number of methoxy groups -OCH3 is 1. The van der Waals surface area contributed by atoms with Gasteiger partial charge in [-0.2, -0.15) is 0 Å². The van der Waals surface area contributed by atoms with Crippen LogP contribution in [0.15, 0.2) is 24.3 Å². The van der Waals surface area contributed by atoms with Crippen LogP contribution in [0.3, 0.4) is 0 Å². The van der Waals surface area contributed by atoms with E-state index in [1.807, 2.05) is 36.1 Å². The Morgan fingerprint density at radius 3 is 2.65 bits per heavy atom. The number of aliphatic carboxylic acids is 1. The predicted octanol–water partition coefficient (Wildman–Crippen LogP) is 2.38. The molecule has 0 bridgehead atoms. The van der Waals surface area contributed by atoms with Gasteiger partial charge in [-0.1, -0.05) is 19.1 Å². The highest BCUT2D eigenvalue weighted by Crippen LogP contribution is 2.29. The fourth-order valence-electron chi connectivity index (χ4n) is 1.76. The van der Waals surface area contributed by atoms with Crippen LogP contribution in [-0.2, 0) is 4.79 Å². The number of rotatable bonds is 6. The topological polar surface area (TPSA) is 49.8 Å². The number of anilines is 1. The summed E-state index contributed by atoms with van der Waals surface area (Å²) in [4.78, 5) is 13.0. The molecule has 1 aromatic carbocycles. The van der Waals surface area contributed by atoms with E-state index < -0.39 is 12.0 Å². The van der Waals surface area contributed by atoms with Crippen LogP contribution in [0.1, 0.15) is 20.3 Å². The van der Waals surface area contributed by atoms with Crippen LogP contribution in [0.5, 0.6) is 5.75 Å². The van der Waals surface area contributed by atoms with Gasteiger partial charge in [0.1, 0.15) is 11.8 Å². The van der Waals surface area contributed by atoms with Crippen molar-refractivity contribution in [2.45, 2.75) is 26.3 Å². The highest BCUT2D eigenvalue weighted by Gasteiger charge is 2.22. The average molecular weight is 237 g/mol. The molecule has 1 aromatic rings. The predicted molar refractivity (Wildman–Crippen MR) is 67.7 cm³/mol. The van der Waals surface area contributed by atoms with Crippen LogP contribution in [0.4, 0.5) is 5.69 Å². The Morgan fingerprint density at radius 2 is 2.12 bits per heavy atom. The van der Waals surface area contributed by atoms with Crippen molar-refractivity contribution >= 4 is 11.7 Å². The van der Waals surface area contributed by atoms with Gasteiger partial charge in [-0.25, -0.2) is 4.79 Å². The first-order chi connectivity index (χ1) is 8.11. The van der Waals surface area contributed by atoms with Gasteiger partial charge in [-0.15, -0.1) is 0 Å². The largest absolute Gasteiger partial charge is 0.495 e. The fourth-order valence-corrected chi connectivity index (χ4v) is 1.76. The lowest BCUT2D eigenvalue weighted by molar-refractivity contribution is -0.138. The Hall–Kier alpha value is -1.71. The second kappa shape index (κ2) is 6.13. The second-order valence-corrected chi connectivity index (χ2v) is 3.88. The first kappa shape index (κ1) is 13.4. The smallest absolute Gasteiger partial charge is 0.326 e. The highest BCUT2D eigenvalue weighted by atomic mass is 16.5. The third kappa shape index (κ3) is 3.12. The van der Waals surface area contributed by atoms with Gasteiger partial charge >= 0.3 is 5.97 Å². The van der Waals surface area contributed by atoms with Gasteiger partial charge < -0.3 is 14.7 Å². The van der Waals surface area contributed by atoms with E-state index in [4.69, 9.17) is 9.84 Å². The maximum Gasteiger partial charge on any atom is 0.326 e. The summed E-state index contributed by atoms with van der Waals surface area (Å²) in [5.41, 5.74) is 0.826. The van der Waals surface area contributed by atoms with Crippen LogP contribution in [0, 0.1) is 0 Å². The third-order valence-corrected chi connectivity index (χ3v) is 2.68. The Bertz CT molecular complexity index is 379. The van der Waals surface area contributed by atoms with Crippen molar-refractivity contribution in [1.82, 2.24) is 0 Å². The molecule has 1 N–H and O–H groups in total. The molecule has 17 heavy (non-hydrogen) atoms. The number of carboxylic acid groups (broad SMARTS) is 1. The molecule has 4 nitrogen and oxygen atoms in total. The average Bonchev–Trinajstić information content (AvgIpc) is 2.35. The number of ether oxygens (including phenoxy) is 1. The number of nitrogens with zero attached hydrogens (tertiary/aromatic N) is 1. The summed E-state index contributed by atoms with van der Waals surface area (Å²) in [6.45, 7) is 4.40. The normalized spacial score (nSPS) is 11.9. The number of hydrogen-bond donors (Lipinski definition) is 1. The van der Waals surface area contributed by atoms with E-state index in [-0.39, 0.29) is 0 Å². The number of benzene rings is 1. The molecule has 0 aromatic heterocycles. The quantitative estimate of drug-likeness (QED) is 0.825. The lowest BCUT2D eigenvalue weighted by Crippen LogP contribution is -2.39. The zero-order chi connectivity index (χ0) is 12.8. The van der Waals surface area contributed by atoms with E-state index in [9.17, 15) is 4.79 Å². The fraction of sp³-hybridized carbons (Fsp3) is 0.462. The second-order valence-electron chi connectivity index (χ2n) is 3.88. The molecule has 0 aliphatic heterocycles. The molecule has 0 aliphatic rings. The number of carbonyl (C=O) groups is 1. The molecular formula is C13H19NO3. The zero-order valence-electron chi connectivity index (χ0n) is 10.5. The monoisotopic (exact) mass is 237 g/mol. The van der Waals surface area contributed by atoms with Crippen LogP contribution >= 0.6 is 0 Å². The van der Waals surface area contributed by atoms with Crippen LogP contribution in [0.2, 0.25) is 0 Å². The molecule has 0 heterocycles. The lowest BCUT2D eigenvalue weighted by atomic mass is 10.2. The van der Waals surface area contributed by atoms with Crippen molar-refractivity contribution in [3.05, 3.63) is 24.3 Å². The first-order valence-corrected chi connectivity index (χ1v) is 5.74. The van der Waals surface area contributed by atoms with Gasteiger partial charge in [0.2, 0.25) is 0 Å². The number of para-hydroxylation sites is 2. The summed E-state index contributed by atoms with van der Waals surface area (Å²) < 4.78 is 5.27. The van der Waals surface area contributed by atoms with Crippen molar-refractivity contribution < 1.29 is 14.6 Å². The molecule has 0 spiro atoms. The summed E-state index contributed by atoms with van der Waals surface area (Å²) in [6, 6.07) is 6.92. The highest BCUT2D eigenvalue weighted by molar-refractivity contribution is 5.78. The Kier molecular flexibility index (Phi) is 4.82. The molecule has 1 unspecified atom stereocenters. The molecule has 0 radical (unpaired) electrons. The molecule has 1 atom stereocenters. The lowest BCUT2D eigenvalue weighted by Gasteiger charge is -2.29.